The summed E-state index contributed by atoms with van der Waals surface area (Å²) >= 11 is 5.94. The van der Waals surface area contributed by atoms with Crippen LogP contribution in [-0.4, -0.2) is 27.6 Å². The number of hydrogen-bond acceptors (Lipinski definition) is 3. The van der Waals surface area contributed by atoms with Crippen LogP contribution < -0.4 is 11.0 Å². The summed E-state index contributed by atoms with van der Waals surface area (Å²) in [7, 11) is 0. The summed E-state index contributed by atoms with van der Waals surface area (Å²) in [6, 6.07) is 7.67. The summed E-state index contributed by atoms with van der Waals surface area (Å²) < 4.78 is 0. The van der Waals surface area contributed by atoms with Crippen LogP contribution in [0.2, 0.25) is 5.02 Å². The second-order valence-electron chi connectivity index (χ2n) is 5.20. The molecule has 1 aromatic carbocycles. The standard InChI is InChI=1S/C15H19ClN4O2/c1-3-15(4-2,10-5-7-11(16)8-6-10)9-17-13(21)12-18-14(22)20-19-12/h5-8H,3-4,9H2,1-2H3,(H,17,21)(H2,18,19,20,22). The van der Waals surface area contributed by atoms with Crippen LogP contribution in [0, 0.1) is 0 Å². The summed E-state index contributed by atoms with van der Waals surface area (Å²) in [5.41, 5.74) is 0.439. The van der Waals surface area contributed by atoms with Gasteiger partial charge in [0.2, 0.25) is 5.82 Å². The van der Waals surface area contributed by atoms with E-state index >= 15 is 0 Å². The Morgan fingerprint density at radius 1 is 1.27 bits per heavy atom. The van der Waals surface area contributed by atoms with Gasteiger partial charge in [-0.3, -0.25) is 9.78 Å². The molecule has 1 amide bonds. The van der Waals surface area contributed by atoms with E-state index in [1.54, 1.807) is 0 Å². The lowest BCUT2D eigenvalue weighted by Gasteiger charge is -2.32. The normalized spacial score (nSPS) is 11.4. The minimum Gasteiger partial charge on any atom is -0.348 e. The summed E-state index contributed by atoms with van der Waals surface area (Å²) in [5.74, 6) is -0.416. The monoisotopic (exact) mass is 322 g/mol. The first-order chi connectivity index (χ1) is 10.5. The van der Waals surface area contributed by atoms with E-state index < -0.39 is 11.6 Å². The van der Waals surface area contributed by atoms with Crippen LogP contribution in [0.3, 0.4) is 0 Å². The first-order valence-corrected chi connectivity index (χ1v) is 7.57. The molecular weight excluding hydrogens is 304 g/mol. The third kappa shape index (κ3) is 3.39. The molecule has 1 aromatic heterocycles. The van der Waals surface area contributed by atoms with E-state index in [0.717, 1.165) is 18.4 Å². The van der Waals surface area contributed by atoms with Gasteiger partial charge >= 0.3 is 5.69 Å². The largest absolute Gasteiger partial charge is 0.348 e. The SMILES string of the molecule is CCC(CC)(CNC(=O)c1n[nH]c(=O)[nH]1)c1ccc(Cl)cc1. The van der Waals surface area contributed by atoms with Crippen molar-refractivity contribution in [1.29, 1.82) is 0 Å². The Morgan fingerprint density at radius 2 is 1.91 bits per heavy atom. The number of nitrogens with zero attached hydrogens (tertiary/aromatic N) is 1. The van der Waals surface area contributed by atoms with Crippen LogP contribution in [-0.2, 0) is 5.41 Å². The van der Waals surface area contributed by atoms with E-state index in [4.69, 9.17) is 11.6 Å². The summed E-state index contributed by atoms with van der Waals surface area (Å²) in [6.07, 6.45) is 1.73. The van der Waals surface area contributed by atoms with Gasteiger partial charge in [0.15, 0.2) is 0 Å². The van der Waals surface area contributed by atoms with Gasteiger partial charge in [0.25, 0.3) is 5.91 Å². The van der Waals surface area contributed by atoms with Crippen molar-refractivity contribution in [3.05, 3.63) is 51.2 Å². The molecule has 0 unspecified atom stereocenters. The molecule has 0 spiro atoms. The highest BCUT2D eigenvalue weighted by atomic mass is 35.5. The molecule has 0 saturated carbocycles. The predicted molar refractivity (Wildman–Crippen MR) is 85.3 cm³/mol. The number of amides is 1. The number of nitrogens with one attached hydrogen (secondary N) is 3. The number of aromatic amines is 2. The zero-order valence-electron chi connectivity index (χ0n) is 12.6. The number of benzene rings is 1. The fourth-order valence-corrected chi connectivity index (χ4v) is 2.65. The van der Waals surface area contributed by atoms with Crippen molar-refractivity contribution in [3.8, 4) is 0 Å². The van der Waals surface area contributed by atoms with Gasteiger partial charge in [-0.05, 0) is 30.5 Å². The van der Waals surface area contributed by atoms with E-state index in [2.05, 4.69) is 34.3 Å². The van der Waals surface area contributed by atoms with Crippen molar-refractivity contribution in [3.63, 3.8) is 0 Å². The Balaban J connectivity index is 2.16. The lowest BCUT2D eigenvalue weighted by molar-refractivity contribution is 0.0931. The molecule has 0 aliphatic carbocycles. The van der Waals surface area contributed by atoms with Gasteiger partial charge in [-0.15, -0.1) is 5.10 Å². The third-order valence-corrected chi connectivity index (χ3v) is 4.37. The number of hydrogen-bond donors (Lipinski definition) is 3. The topological polar surface area (TPSA) is 90.6 Å². The van der Waals surface area contributed by atoms with Gasteiger partial charge in [-0.25, -0.2) is 9.89 Å². The van der Waals surface area contributed by atoms with E-state index in [1.165, 1.54) is 0 Å². The number of carbonyl (C=O) groups is 1. The van der Waals surface area contributed by atoms with Gasteiger partial charge < -0.3 is 5.32 Å². The predicted octanol–water partition coefficient (Wildman–Crippen LogP) is 2.24. The van der Waals surface area contributed by atoms with Crippen LogP contribution in [0.4, 0.5) is 0 Å². The van der Waals surface area contributed by atoms with Crippen LogP contribution in [0.25, 0.3) is 0 Å². The van der Waals surface area contributed by atoms with Gasteiger partial charge in [0.1, 0.15) is 0 Å². The molecule has 0 fully saturated rings. The van der Waals surface area contributed by atoms with E-state index in [9.17, 15) is 9.59 Å². The van der Waals surface area contributed by atoms with Gasteiger partial charge in [0, 0.05) is 17.0 Å². The van der Waals surface area contributed by atoms with Crippen molar-refractivity contribution in [2.45, 2.75) is 32.1 Å². The van der Waals surface area contributed by atoms with E-state index in [0.29, 0.717) is 11.6 Å². The Bertz CT molecular complexity index is 686. The highest BCUT2D eigenvalue weighted by Gasteiger charge is 2.29. The van der Waals surface area contributed by atoms with Crippen LogP contribution in [0.15, 0.2) is 29.1 Å². The molecule has 0 aliphatic rings. The number of halogens is 1. The molecule has 6 nitrogen and oxygen atoms in total. The van der Waals surface area contributed by atoms with Gasteiger partial charge in [0.05, 0.1) is 0 Å². The zero-order valence-corrected chi connectivity index (χ0v) is 13.3. The second kappa shape index (κ2) is 6.79. The lowest BCUT2D eigenvalue weighted by atomic mass is 9.76. The number of aromatic nitrogens is 3. The molecule has 118 valence electrons. The van der Waals surface area contributed by atoms with Crippen molar-refractivity contribution < 1.29 is 4.79 Å². The maximum absolute atomic E-state index is 12.0. The molecule has 7 heteroatoms. The number of carbonyl (C=O) groups excluding carboxylic acids is 1. The first kappa shape index (κ1) is 16.3. The quantitative estimate of drug-likeness (QED) is 0.761. The fourth-order valence-electron chi connectivity index (χ4n) is 2.52. The maximum atomic E-state index is 12.0. The number of rotatable bonds is 6. The van der Waals surface area contributed by atoms with Crippen molar-refractivity contribution in [2.24, 2.45) is 0 Å². The Hall–Kier alpha value is -2.08. The lowest BCUT2D eigenvalue weighted by Crippen LogP contribution is -2.40. The van der Waals surface area contributed by atoms with Crippen molar-refractivity contribution >= 4 is 17.5 Å². The molecule has 0 saturated heterocycles. The summed E-state index contributed by atoms with van der Waals surface area (Å²) in [4.78, 5) is 25.4. The zero-order chi connectivity index (χ0) is 16.2. The molecule has 0 aliphatic heterocycles. The van der Waals surface area contributed by atoms with Crippen LogP contribution in [0.5, 0.6) is 0 Å². The Kier molecular flexibility index (Phi) is 5.03. The highest BCUT2D eigenvalue weighted by Crippen LogP contribution is 2.31. The molecule has 0 bridgehead atoms. The molecule has 22 heavy (non-hydrogen) atoms. The maximum Gasteiger partial charge on any atom is 0.341 e. The average Bonchev–Trinajstić information content (AvgIpc) is 2.96. The molecule has 0 atom stereocenters. The van der Waals surface area contributed by atoms with Crippen molar-refractivity contribution in [2.75, 3.05) is 6.54 Å². The second-order valence-corrected chi connectivity index (χ2v) is 5.64. The third-order valence-electron chi connectivity index (χ3n) is 4.11. The summed E-state index contributed by atoms with van der Waals surface area (Å²) in [5, 5.41) is 9.33. The molecule has 0 radical (unpaired) electrons. The van der Waals surface area contributed by atoms with Crippen LogP contribution in [0.1, 0.15) is 42.9 Å². The molecule has 1 heterocycles. The minimum absolute atomic E-state index is 0.0118. The van der Waals surface area contributed by atoms with Crippen molar-refractivity contribution in [1.82, 2.24) is 20.5 Å². The van der Waals surface area contributed by atoms with Gasteiger partial charge in [-0.2, -0.15) is 0 Å². The Labute approximate surface area is 133 Å². The summed E-state index contributed by atoms with van der Waals surface area (Å²) in [6.45, 7) is 4.62. The van der Waals surface area contributed by atoms with E-state index in [-0.39, 0.29) is 11.2 Å². The fraction of sp³-hybridized carbons (Fsp3) is 0.400. The van der Waals surface area contributed by atoms with Crippen LogP contribution >= 0.6 is 11.6 Å². The number of H-pyrrole nitrogens is 2. The minimum atomic E-state index is -0.500. The Morgan fingerprint density at radius 3 is 2.41 bits per heavy atom. The first-order valence-electron chi connectivity index (χ1n) is 7.19. The molecule has 2 rings (SSSR count). The molecule has 2 aromatic rings. The molecule has 3 N–H and O–H groups in total. The van der Waals surface area contributed by atoms with E-state index in [1.807, 2.05) is 24.3 Å². The smallest absolute Gasteiger partial charge is 0.341 e. The molecular formula is C15H19ClN4O2. The van der Waals surface area contributed by atoms with Gasteiger partial charge in [-0.1, -0.05) is 37.6 Å². The highest BCUT2D eigenvalue weighted by molar-refractivity contribution is 6.30. The average molecular weight is 323 g/mol.